The van der Waals surface area contributed by atoms with Gasteiger partial charge < -0.3 is 10.2 Å². The lowest BCUT2D eigenvalue weighted by Gasteiger charge is -2.28. The number of nitrogens with zero attached hydrogens (tertiary/aromatic N) is 2. The van der Waals surface area contributed by atoms with Crippen molar-refractivity contribution in [2.45, 2.75) is 13.0 Å². The summed E-state index contributed by atoms with van der Waals surface area (Å²) >= 11 is 11.8. The highest BCUT2D eigenvalue weighted by Gasteiger charge is 2.20. The maximum absolute atomic E-state index is 12.3. The van der Waals surface area contributed by atoms with Gasteiger partial charge in [-0.15, -0.1) is 0 Å². The SMILES string of the molecule is O=C(Nc1ccc(Cl)c(Cl)c1)N1CCc2cnccc2C1. The van der Waals surface area contributed by atoms with Crippen LogP contribution in [0.25, 0.3) is 0 Å². The number of aromatic nitrogens is 1. The second-order valence-electron chi connectivity index (χ2n) is 4.87. The zero-order valence-corrected chi connectivity index (χ0v) is 12.7. The molecule has 0 saturated carbocycles. The fourth-order valence-corrected chi connectivity index (χ4v) is 2.62. The molecule has 21 heavy (non-hydrogen) atoms. The lowest BCUT2D eigenvalue weighted by atomic mass is 10.0. The van der Waals surface area contributed by atoms with Crippen LogP contribution in [0.1, 0.15) is 11.1 Å². The Hall–Kier alpha value is -1.78. The molecule has 1 N–H and O–H groups in total. The van der Waals surface area contributed by atoms with Crippen LogP contribution >= 0.6 is 23.2 Å². The largest absolute Gasteiger partial charge is 0.322 e. The van der Waals surface area contributed by atoms with Gasteiger partial charge in [-0.3, -0.25) is 4.98 Å². The van der Waals surface area contributed by atoms with E-state index in [1.807, 2.05) is 12.3 Å². The van der Waals surface area contributed by atoms with Gasteiger partial charge in [-0.25, -0.2) is 4.79 Å². The molecule has 4 nitrogen and oxygen atoms in total. The van der Waals surface area contributed by atoms with Crippen LogP contribution in [0, 0.1) is 0 Å². The molecule has 0 spiro atoms. The van der Waals surface area contributed by atoms with E-state index in [1.54, 1.807) is 29.3 Å². The first kappa shape index (κ1) is 14.2. The van der Waals surface area contributed by atoms with E-state index in [-0.39, 0.29) is 6.03 Å². The molecule has 2 aromatic rings. The Balaban J connectivity index is 1.70. The number of pyridine rings is 1. The maximum atomic E-state index is 12.3. The number of fused-ring (bicyclic) bond motifs is 1. The van der Waals surface area contributed by atoms with E-state index in [4.69, 9.17) is 23.2 Å². The number of carbonyl (C=O) groups is 1. The maximum Gasteiger partial charge on any atom is 0.322 e. The quantitative estimate of drug-likeness (QED) is 0.863. The normalized spacial score (nSPS) is 13.7. The molecule has 3 rings (SSSR count). The monoisotopic (exact) mass is 321 g/mol. The lowest BCUT2D eigenvalue weighted by Crippen LogP contribution is -2.38. The van der Waals surface area contributed by atoms with Crippen LogP contribution in [0.2, 0.25) is 10.0 Å². The molecule has 6 heteroatoms. The molecular formula is C15H13Cl2N3O. The summed E-state index contributed by atoms with van der Waals surface area (Å²) in [6.45, 7) is 1.26. The average molecular weight is 322 g/mol. The van der Waals surface area contributed by atoms with Crippen molar-refractivity contribution in [2.75, 3.05) is 11.9 Å². The van der Waals surface area contributed by atoms with Gasteiger partial charge in [0.05, 0.1) is 10.0 Å². The van der Waals surface area contributed by atoms with Crippen molar-refractivity contribution in [3.05, 3.63) is 57.8 Å². The number of halogens is 2. The van der Waals surface area contributed by atoms with Gasteiger partial charge >= 0.3 is 6.03 Å². The highest BCUT2D eigenvalue weighted by molar-refractivity contribution is 6.42. The average Bonchev–Trinajstić information content (AvgIpc) is 2.50. The van der Waals surface area contributed by atoms with Crippen LogP contribution in [0.15, 0.2) is 36.7 Å². The minimum absolute atomic E-state index is 0.143. The molecule has 0 fully saturated rings. The van der Waals surface area contributed by atoms with Gasteiger partial charge in [0.1, 0.15) is 0 Å². The van der Waals surface area contributed by atoms with Gasteiger partial charge in [0.25, 0.3) is 0 Å². The molecule has 2 heterocycles. The Morgan fingerprint density at radius 2 is 2.05 bits per heavy atom. The number of hydrogen-bond donors (Lipinski definition) is 1. The molecule has 1 aliphatic rings. The van der Waals surface area contributed by atoms with Crippen LogP contribution in [0.4, 0.5) is 10.5 Å². The van der Waals surface area contributed by atoms with E-state index >= 15 is 0 Å². The number of benzene rings is 1. The topological polar surface area (TPSA) is 45.2 Å². The molecule has 0 radical (unpaired) electrons. The summed E-state index contributed by atoms with van der Waals surface area (Å²) in [5.41, 5.74) is 2.98. The lowest BCUT2D eigenvalue weighted by molar-refractivity contribution is 0.206. The first-order chi connectivity index (χ1) is 10.1. The van der Waals surface area contributed by atoms with Crippen molar-refractivity contribution in [1.29, 1.82) is 0 Å². The second-order valence-corrected chi connectivity index (χ2v) is 5.69. The molecule has 2 amide bonds. The van der Waals surface area contributed by atoms with E-state index in [2.05, 4.69) is 10.3 Å². The van der Waals surface area contributed by atoms with Crippen molar-refractivity contribution < 1.29 is 4.79 Å². The first-order valence-corrected chi connectivity index (χ1v) is 7.32. The predicted molar refractivity (Wildman–Crippen MR) is 83.8 cm³/mol. The van der Waals surface area contributed by atoms with Gasteiger partial charge in [0, 0.05) is 31.2 Å². The molecule has 0 saturated heterocycles. The summed E-state index contributed by atoms with van der Waals surface area (Å²) in [5, 5.41) is 3.73. The summed E-state index contributed by atoms with van der Waals surface area (Å²) in [5.74, 6) is 0. The van der Waals surface area contributed by atoms with E-state index in [9.17, 15) is 4.79 Å². The van der Waals surface area contributed by atoms with E-state index in [0.29, 0.717) is 28.8 Å². The van der Waals surface area contributed by atoms with E-state index in [0.717, 1.165) is 12.0 Å². The molecule has 1 aliphatic heterocycles. The van der Waals surface area contributed by atoms with Crippen LogP contribution in [0.3, 0.4) is 0 Å². The van der Waals surface area contributed by atoms with Crippen LogP contribution in [0.5, 0.6) is 0 Å². The smallest absolute Gasteiger partial charge is 0.320 e. The summed E-state index contributed by atoms with van der Waals surface area (Å²) in [6, 6.07) is 6.85. The molecule has 1 aromatic heterocycles. The summed E-state index contributed by atoms with van der Waals surface area (Å²) < 4.78 is 0. The minimum atomic E-state index is -0.143. The van der Waals surface area contributed by atoms with Gasteiger partial charge in [0.15, 0.2) is 0 Å². The summed E-state index contributed by atoms with van der Waals surface area (Å²) in [6.07, 6.45) is 4.43. The highest BCUT2D eigenvalue weighted by Crippen LogP contribution is 2.25. The zero-order chi connectivity index (χ0) is 14.8. The predicted octanol–water partition coefficient (Wildman–Crippen LogP) is 3.98. The molecule has 0 unspecified atom stereocenters. The Morgan fingerprint density at radius 1 is 1.19 bits per heavy atom. The molecular weight excluding hydrogens is 309 g/mol. The van der Waals surface area contributed by atoms with Crippen LogP contribution < -0.4 is 5.32 Å². The Morgan fingerprint density at radius 3 is 2.86 bits per heavy atom. The van der Waals surface area contributed by atoms with Gasteiger partial charge in [-0.05, 0) is 41.8 Å². The van der Waals surface area contributed by atoms with Gasteiger partial charge in [0.2, 0.25) is 0 Å². The number of amides is 2. The second kappa shape index (κ2) is 5.92. The van der Waals surface area contributed by atoms with Gasteiger partial charge in [-0.1, -0.05) is 23.2 Å². The van der Waals surface area contributed by atoms with Crippen molar-refractivity contribution in [3.63, 3.8) is 0 Å². The standard InChI is InChI=1S/C15H13Cl2N3O/c16-13-2-1-12(7-14(13)17)19-15(21)20-6-4-10-8-18-5-3-11(10)9-20/h1-3,5,7-8H,4,6,9H2,(H,19,21). The Kier molecular flexibility index (Phi) is 3.99. The van der Waals surface area contributed by atoms with Crippen molar-refractivity contribution in [2.24, 2.45) is 0 Å². The van der Waals surface area contributed by atoms with Crippen LogP contribution in [-0.2, 0) is 13.0 Å². The molecule has 0 bridgehead atoms. The third-order valence-electron chi connectivity index (χ3n) is 3.47. The third kappa shape index (κ3) is 3.12. The third-order valence-corrected chi connectivity index (χ3v) is 4.21. The fourth-order valence-electron chi connectivity index (χ4n) is 2.33. The van der Waals surface area contributed by atoms with Crippen molar-refractivity contribution >= 4 is 34.9 Å². The number of carbonyl (C=O) groups excluding carboxylic acids is 1. The minimum Gasteiger partial charge on any atom is -0.320 e. The van der Waals surface area contributed by atoms with Gasteiger partial charge in [-0.2, -0.15) is 0 Å². The zero-order valence-electron chi connectivity index (χ0n) is 11.1. The van der Waals surface area contributed by atoms with E-state index < -0.39 is 0 Å². The summed E-state index contributed by atoms with van der Waals surface area (Å²) in [4.78, 5) is 18.2. The highest BCUT2D eigenvalue weighted by atomic mass is 35.5. The number of urea groups is 1. The molecule has 0 aliphatic carbocycles. The number of rotatable bonds is 1. The van der Waals surface area contributed by atoms with Crippen LogP contribution in [-0.4, -0.2) is 22.5 Å². The fraction of sp³-hybridized carbons (Fsp3) is 0.200. The number of hydrogen-bond acceptors (Lipinski definition) is 2. The molecule has 0 atom stereocenters. The number of anilines is 1. The first-order valence-electron chi connectivity index (χ1n) is 6.56. The molecule has 108 valence electrons. The van der Waals surface area contributed by atoms with E-state index in [1.165, 1.54) is 5.56 Å². The van der Waals surface area contributed by atoms with Crippen molar-refractivity contribution in [3.8, 4) is 0 Å². The Labute approximate surface area is 132 Å². The molecule has 1 aromatic carbocycles. The summed E-state index contributed by atoms with van der Waals surface area (Å²) in [7, 11) is 0. The Bertz CT molecular complexity index is 690. The number of nitrogens with one attached hydrogen (secondary N) is 1. The van der Waals surface area contributed by atoms with Crippen molar-refractivity contribution in [1.82, 2.24) is 9.88 Å².